The minimum absolute atomic E-state index is 0.241. The van der Waals surface area contributed by atoms with Crippen molar-refractivity contribution in [3.8, 4) is 0 Å². The summed E-state index contributed by atoms with van der Waals surface area (Å²) >= 11 is 0. The van der Waals surface area contributed by atoms with E-state index in [4.69, 9.17) is 4.74 Å². The zero-order valence-electron chi connectivity index (χ0n) is 15.8. The SMILES string of the molecule is CCC/C=C/C/C(=C\C1CCCCC1)c1ccc(C(=O)OCC)cc1. The molecular formula is C23H32O2. The van der Waals surface area contributed by atoms with Gasteiger partial charge in [-0.15, -0.1) is 0 Å². The van der Waals surface area contributed by atoms with E-state index in [9.17, 15) is 4.79 Å². The maximum Gasteiger partial charge on any atom is 0.338 e. The number of hydrogen-bond donors (Lipinski definition) is 0. The Morgan fingerprint density at radius 2 is 1.72 bits per heavy atom. The van der Waals surface area contributed by atoms with Gasteiger partial charge in [0.2, 0.25) is 0 Å². The van der Waals surface area contributed by atoms with Gasteiger partial charge in [0.05, 0.1) is 12.2 Å². The second-order valence-corrected chi connectivity index (χ2v) is 6.85. The minimum atomic E-state index is -0.241. The molecule has 25 heavy (non-hydrogen) atoms. The fourth-order valence-electron chi connectivity index (χ4n) is 3.40. The number of unbranched alkanes of at least 4 members (excludes halogenated alkanes) is 1. The molecule has 0 unspecified atom stereocenters. The number of rotatable bonds is 8. The highest BCUT2D eigenvalue weighted by molar-refractivity contribution is 5.89. The number of carbonyl (C=O) groups is 1. The molecule has 0 N–H and O–H groups in total. The molecule has 2 rings (SSSR count). The van der Waals surface area contributed by atoms with E-state index in [2.05, 4.69) is 37.3 Å². The molecule has 1 aliphatic carbocycles. The van der Waals surface area contributed by atoms with Crippen molar-refractivity contribution in [3.05, 3.63) is 53.6 Å². The molecule has 0 heterocycles. The molecule has 0 spiro atoms. The van der Waals surface area contributed by atoms with Crippen LogP contribution < -0.4 is 0 Å². The van der Waals surface area contributed by atoms with Crippen LogP contribution in [0.5, 0.6) is 0 Å². The van der Waals surface area contributed by atoms with Gasteiger partial charge in [-0.1, -0.05) is 63.0 Å². The van der Waals surface area contributed by atoms with Crippen LogP contribution in [0.25, 0.3) is 5.57 Å². The van der Waals surface area contributed by atoms with Crippen molar-refractivity contribution in [2.75, 3.05) is 6.61 Å². The number of hydrogen-bond acceptors (Lipinski definition) is 2. The van der Waals surface area contributed by atoms with Gasteiger partial charge in [0.25, 0.3) is 0 Å². The van der Waals surface area contributed by atoms with Crippen LogP contribution >= 0.6 is 0 Å². The third-order valence-corrected chi connectivity index (χ3v) is 4.81. The number of ether oxygens (including phenoxy) is 1. The van der Waals surface area contributed by atoms with E-state index in [1.807, 2.05) is 19.1 Å². The van der Waals surface area contributed by atoms with E-state index < -0.39 is 0 Å². The zero-order valence-corrected chi connectivity index (χ0v) is 15.8. The standard InChI is InChI=1S/C23H32O2/c1-3-5-6-10-13-22(18-19-11-8-7-9-12-19)20-14-16-21(17-15-20)23(24)25-4-2/h6,10,14-19H,3-5,7-9,11-13H2,1-2H3/b10-6+,22-18+. The lowest BCUT2D eigenvalue weighted by Gasteiger charge is -2.20. The predicted octanol–water partition coefficient (Wildman–Crippen LogP) is 6.57. The maximum atomic E-state index is 11.8. The van der Waals surface area contributed by atoms with Gasteiger partial charge in [0, 0.05) is 0 Å². The molecule has 1 aromatic rings. The first-order valence-electron chi connectivity index (χ1n) is 9.87. The monoisotopic (exact) mass is 340 g/mol. The number of esters is 1. The molecular weight excluding hydrogens is 308 g/mol. The Labute approximate surface area is 153 Å². The minimum Gasteiger partial charge on any atom is -0.462 e. The molecule has 136 valence electrons. The first-order chi connectivity index (χ1) is 12.2. The van der Waals surface area contributed by atoms with Gasteiger partial charge < -0.3 is 4.74 Å². The van der Waals surface area contributed by atoms with Gasteiger partial charge in [-0.3, -0.25) is 0 Å². The van der Waals surface area contributed by atoms with Crippen LogP contribution in [0.1, 0.15) is 81.1 Å². The summed E-state index contributed by atoms with van der Waals surface area (Å²) in [6, 6.07) is 7.90. The first kappa shape index (κ1) is 19.5. The molecule has 0 saturated heterocycles. The molecule has 1 aliphatic rings. The molecule has 2 nitrogen and oxygen atoms in total. The van der Waals surface area contributed by atoms with Crippen LogP contribution in [-0.4, -0.2) is 12.6 Å². The Kier molecular flexibility index (Phi) is 8.51. The second-order valence-electron chi connectivity index (χ2n) is 6.85. The van der Waals surface area contributed by atoms with Crippen molar-refractivity contribution in [2.45, 2.75) is 65.2 Å². The molecule has 0 bridgehead atoms. The van der Waals surface area contributed by atoms with Gasteiger partial charge in [-0.05, 0) is 61.8 Å². The Morgan fingerprint density at radius 3 is 2.36 bits per heavy atom. The third-order valence-electron chi connectivity index (χ3n) is 4.81. The number of allylic oxidation sites excluding steroid dienone is 4. The highest BCUT2D eigenvalue weighted by Gasteiger charge is 2.13. The van der Waals surface area contributed by atoms with E-state index >= 15 is 0 Å². The molecule has 0 amide bonds. The van der Waals surface area contributed by atoms with Crippen LogP contribution in [0, 0.1) is 5.92 Å². The summed E-state index contributed by atoms with van der Waals surface area (Å²) < 4.78 is 5.08. The quantitative estimate of drug-likeness (QED) is 0.395. The number of benzene rings is 1. The van der Waals surface area contributed by atoms with Crippen molar-refractivity contribution < 1.29 is 9.53 Å². The predicted molar refractivity (Wildman–Crippen MR) is 106 cm³/mol. The summed E-state index contributed by atoms with van der Waals surface area (Å²) in [4.78, 5) is 11.8. The Balaban J connectivity index is 2.15. The summed E-state index contributed by atoms with van der Waals surface area (Å²) in [6.07, 6.45) is 17.0. The van der Waals surface area contributed by atoms with Crippen molar-refractivity contribution in [3.63, 3.8) is 0 Å². The van der Waals surface area contributed by atoms with Crippen molar-refractivity contribution in [1.29, 1.82) is 0 Å². The van der Waals surface area contributed by atoms with Crippen molar-refractivity contribution in [2.24, 2.45) is 5.92 Å². The lowest BCUT2D eigenvalue weighted by atomic mass is 9.86. The van der Waals surface area contributed by atoms with Gasteiger partial charge >= 0.3 is 5.97 Å². The summed E-state index contributed by atoms with van der Waals surface area (Å²) in [6.45, 7) is 4.45. The van der Waals surface area contributed by atoms with E-state index in [0.29, 0.717) is 18.1 Å². The molecule has 2 heteroatoms. The van der Waals surface area contributed by atoms with Crippen LogP contribution in [0.4, 0.5) is 0 Å². The maximum absolute atomic E-state index is 11.8. The lowest BCUT2D eigenvalue weighted by molar-refractivity contribution is 0.0526. The van der Waals surface area contributed by atoms with Crippen LogP contribution in [0.2, 0.25) is 0 Å². The van der Waals surface area contributed by atoms with Gasteiger partial charge in [0.15, 0.2) is 0 Å². The molecule has 0 aliphatic heterocycles. The van der Waals surface area contributed by atoms with Gasteiger partial charge in [-0.2, -0.15) is 0 Å². The average Bonchev–Trinajstić information content (AvgIpc) is 2.65. The average molecular weight is 341 g/mol. The van der Waals surface area contributed by atoms with Crippen LogP contribution in [0.3, 0.4) is 0 Å². The summed E-state index contributed by atoms with van der Waals surface area (Å²) in [7, 11) is 0. The highest BCUT2D eigenvalue weighted by atomic mass is 16.5. The zero-order chi connectivity index (χ0) is 17.9. The van der Waals surface area contributed by atoms with E-state index in [1.165, 1.54) is 49.7 Å². The van der Waals surface area contributed by atoms with E-state index in [1.54, 1.807) is 0 Å². The van der Waals surface area contributed by atoms with Crippen LogP contribution in [0.15, 0.2) is 42.5 Å². The van der Waals surface area contributed by atoms with Crippen LogP contribution in [-0.2, 0) is 4.74 Å². The fraction of sp³-hybridized carbons (Fsp3) is 0.522. The smallest absolute Gasteiger partial charge is 0.338 e. The van der Waals surface area contributed by atoms with Gasteiger partial charge in [0.1, 0.15) is 0 Å². The normalized spacial score (nSPS) is 16.3. The molecule has 0 atom stereocenters. The fourth-order valence-corrected chi connectivity index (χ4v) is 3.40. The molecule has 0 aromatic heterocycles. The second kappa shape index (κ2) is 10.9. The Bertz CT molecular complexity index is 575. The van der Waals surface area contributed by atoms with Crippen molar-refractivity contribution >= 4 is 11.5 Å². The molecule has 1 aromatic carbocycles. The molecule has 1 fully saturated rings. The van der Waals surface area contributed by atoms with Gasteiger partial charge in [-0.25, -0.2) is 4.79 Å². The van der Waals surface area contributed by atoms with Crippen molar-refractivity contribution in [1.82, 2.24) is 0 Å². The lowest BCUT2D eigenvalue weighted by Crippen LogP contribution is -2.05. The summed E-state index contributed by atoms with van der Waals surface area (Å²) in [5, 5.41) is 0. The summed E-state index contributed by atoms with van der Waals surface area (Å²) in [5.74, 6) is 0.461. The largest absolute Gasteiger partial charge is 0.462 e. The topological polar surface area (TPSA) is 26.3 Å². The van der Waals surface area contributed by atoms with E-state index in [0.717, 1.165) is 12.8 Å². The highest BCUT2D eigenvalue weighted by Crippen LogP contribution is 2.29. The number of carbonyl (C=O) groups excluding carboxylic acids is 1. The Morgan fingerprint density at radius 1 is 1.04 bits per heavy atom. The molecule has 0 radical (unpaired) electrons. The van der Waals surface area contributed by atoms with E-state index in [-0.39, 0.29) is 5.97 Å². The summed E-state index contributed by atoms with van der Waals surface area (Å²) in [5.41, 5.74) is 3.23. The third kappa shape index (κ3) is 6.53. The molecule has 1 saturated carbocycles. The first-order valence-corrected chi connectivity index (χ1v) is 9.87. The Hall–Kier alpha value is -1.83.